The molecule has 1 saturated heterocycles. The van der Waals surface area contributed by atoms with Crippen molar-refractivity contribution in [2.75, 3.05) is 19.6 Å². The molecule has 5 nitrogen and oxygen atoms in total. The Bertz CT molecular complexity index is 1020. The summed E-state index contributed by atoms with van der Waals surface area (Å²) in [6.45, 7) is 6.46. The first-order valence-electron chi connectivity index (χ1n) is 10.4. The quantitative estimate of drug-likeness (QED) is 0.668. The van der Waals surface area contributed by atoms with Gasteiger partial charge in [0.05, 0.1) is 23.5 Å². The van der Waals surface area contributed by atoms with E-state index in [2.05, 4.69) is 46.5 Å². The number of benzene rings is 2. The highest BCUT2D eigenvalue weighted by molar-refractivity contribution is 5.95. The monoisotopic (exact) mass is 406 g/mol. The number of para-hydroxylation sites is 1. The van der Waals surface area contributed by atoms with Crippen molar-refractivity contribution in [3.05, 3.63) is 82.9 Å². The average Bonchev–Trinajstić information content (AvgIpc) is 3.40. The highest BCUT2D eigenvalue weighted by Crippen LogP contribution is 2.25. The second-order valence-corrected chi connectivity index (χ2v) is 7.89. The highest BCUT2D eigenvalue weighted by atomic mass is 19.1. The largest absolute Gasteiger partial charge is 0.350 e. The van der Waals surface area contributed by atoms with Crippen molar-refractivity contribution in [1.29, 1.82) is 0 Å². The Morgan fingerprint density at radius 3 is 2.50 bits per heavy atom. The molecule has 3 aromatic rings. The number of amides is 1. The maximum atomic E-state index is 14.1. The molecule has 1 fully saturated rings. The normalized spacial score (nSPS) is 15.3. The Labute approximate surface area is 176 Å². The number of halogens is 1. The number of rotatable bonds is 6. The molecule has 2 aromatic carbocycles. The molecule has 0 saturated carbocycles. The zero-order valence-corrected chi connectivity index (χ0v) is 17.4. The van der Waals surface area contributed by atoms with Crippen LogP contribution in [0.4, 0.5) is 4.39 Å². The molecule has 2 heterocycles. The molecule has 1 aromatic heterocycles. The van der Waals surface area contributed by atoms with E-state index in [1.165, 1.54) is 40.9 Å². The van der Waals surface area contributed by atoms with Gasteiger partial charge in [-0.15, -0.1) is 0 Å². The van der Waals surface area contributed by atoms with E-state index < -0.39 is 0 Å². The van der Waals surface area contributed by atoms with Gasteiger partial charge in [0.15, 0.2) is 0 Å². The maximum Gasteiger partial charge on any atom is 0.254 e. The van der Waals surface area contributed by atoms with Crippen LogP contribution in [0, 0.1) is 19.7 Å². The van der Waals surface area contributed by atoms with E-state index in [-0.39, 0.29) is 17.8 Å². The molecule has 30 heavy (non-hydrogen) atoms. The summed E-state index contributed by atoms with van der Waals surface area (Å²) < 4.78 is 15.6. The van der Waals surface area contributed by atoms with Gasteiger partial charge in [-0.1, -0.05) is 42.0 Å². The minimum absolute atomic E-state index is 0.138. The van der Waals surface area contributed by atoms with E-state index in [1.807, 2.05) is 0 Å². The molecule has 4 rings (SSSR count). The summed E-state index contributed by atoms with van der Waals surface area (Å²) >= 11 is 0. The molecule has 1 N–H and O–H groups in total. The number of hydrogen-bond acceptors (Lipinski definition) is 3. The maximum absolute atomic E-state index is 14.1. The Hall–Kier alpha value is -2.99. The van der Waals surface area contributed by atoms with Crippen molar-refractivity contribution >= 4 is 5.91 Å². The van der Waals surface area contributed by atoms with Gasteiger partial charge in [-0.3, -0.25) is 9.69 Å². The van der Waals surface area contributed by atoms with Crippen LogP contribution in [-0.4, -0.2) is 40.2 Å². The van der Waals surface area contributed by atoms with Crippen LogP contribution < -0.4 is 5.32 Å². The number of carbonyl (C=O) groups is 1. The molecule has 156 valence electrons. The van der Waals surface area contributed by atoms with Crippen LogP contribution in [0.1, 0.15) is 46.1 Å². The SMILES string of the molecule is Cc1ccc(C(CNC(=O)c2cnn(-c3ccccc3F)c2C)N2CCCC2)cc1. The van der Waals surface area contributed by atoms with E-state index in [1.54, 1.807) is 25.1 Å². The lowest BCUT2D eigenvalue weighted by Crippen LogP contribution is -2.37. The zero-order valence-electron chi connectivity index (χ0n) is 17.4. The average molecular weight is 407 g/mol. The second kappa shape index (κ2) is 8.79. The van der Waals surface area contributed by atoms with Gasteiger partial charge in [0, 0.05) is 6.54 Å². The lowest BCUT2D eigenvalue weighted by Gasteiger charge is -2.28. The summed E-state index contributed by atoms with van der Waals surface area (Å²) in [5.74, 6) is -0.560. The summed E-state index contributed by atoms with van der Waals surface area (Å²) in [7, 11) is 0. The minimum atomic E-state index is -0.371. The predicted octanol–water partition coefficient (Wildman–Crippen LogP) is 4.20. The van der Waals surface area contributed by atoms with Gasteiger partial charge in [-0.05, 0) is 57.5 Å². The van der Waals surface area contributed by atoms with E-state index in [4.69, 9.17) is 0 Å². The molecule has 1 aliphatic rings. The van der Waals surface area contributed by atoms with Crippen molar-refractivity contribution in [3.63, 3.8) is 0 Å². The molecular formula is C24H27FN4O. The third kappa shape index (κ3) is 4.14. The van der Waals surface area contributed by atoms with E-state index >= 15 is 0 Å². The van der Waals surface area contributed by atoms with Gasteiger partial charge in [0.1, 0.15) is 11.5 Å². The molecule has 1 amide bonds. The number of aromatic nitrogens is 2. The number of aryl methyl sites for hydroxylation is 1. The number of hydrogen-bond donors (Lipinski definition) is 1. The molecule has 0 spiro atoms. The minimum Gasteiger partial charge on any atom is -0.350 e. The lowest BCUT2D eigenvalue weighted by molar-refractivity contribution is 0.0937. The summed E-state index contributed by atoms with van der Waals surface area (Å²) in [6.07, 6.45) is 3.88. The Morgan fingerprint density at radius 2 is 1.80 bits per heavy atom. The fourth-order valence-corrected chi connectivity index (χ4v) is 4.08. The van der Waals surface area contributed by atoms with Crippen molar-refractivity contribution < 1.29 is 9.18 Å². The molecule has 0 aliphatic carbocycles. The number of carbonyl (C=O) groups excluding carboxylic acids is 1. The first kappa shape index (κ1) is 20.3. The molecule has 1 unspecified atom stereocenters. The number of likely N-dealkylation sites (tertiary alicyclic amines) is 1. The van der Waals surface area contributed by atoms with Crippen molar-refractivity contribution in [3.8, 4) is 5.69 Å². The fraction of sp³-hybridized carbons (Fsp3) is 0.333. The molecular weight excluding hydrogens is 379 g/mol. The number of nitrogens with one attached hydrogen (secondary N) is 1. The van der Waals surface area contributed by atoms with Gasteiger partial charge in [0.25, 0.3) is 5.91 Å². The van der Waals surface area contributed by atoms with Gasteiger partial charge in [0.2, 0.25) is 0 Å². The molecule has 0 bridgehead atoms. The summed E-state index contributed by atoms with van der Waals surface area (Å²) in [5.41, 5.74) is 3.84. The van der Waals surface area contributed by atoms with Crippen LogP contribution in [0.2, 0.25) is 0 Å². The van der Waals surface area contributed by atoms with E-state index in [0.717, 1.165) is 13.1 Å². The van der Waals surface area contributed by atoms with E-state index in [9.17, 15) is 9.18 Å². The first-order chi connectivity index (χ1) is 14.5. The van der Waals surface area contributed by atoms with Crippen LogP contribution >= 0.6 is 0 Å². The van der Waals surface area contributed by atoms with Crippen LogP contribution in [-0.2, 0) is 0 Å². The van der Waals surface area contributed by atoms with Crippen molar-refractivity contribution in [2.24, 2.45) is 0 Å². The smallest absolute Gasteiger partial charge is 0.254 e. The van der Waals surface area contributed by atoms with Crippen LogP contribution in [0.3, 0.4) is 0 Å². The first-order valence-corrected chi connectivity index (χ1v) is 10.4. The summed E-state index contributed by atoms with van der Waals surface area (Å²) in [5, 5.41) is 7.33. The van der Waals surface area contributed by atoms with Crippen LogP contribution in [0.5, 0.6) is 0 Å². The Balaban J connectivity index is 1.51. The van der Waals surface area contributed by atoms with E-state index in [0.29, 0.717) is 23.5 Å². The van der Waals surface area contributed by atoms with Crippen molar-refractivity contribution in [1.82, 2.24) is 20.0 Å². The van der Waals surface area contributed by atoms with Gasteiger partial charge < -0.3 is 5.32 Å². The summed E-state index contributed by atoms with van der Waals surface area (Å²) in [6, 6.07) is 15.1. The molecule has 1 aliphatic heterocycles. The molecule has 1 atom stereocenters. The standard InChI is InChI=1S/C24H27FN4O/c1-17-9-11-19(12-10-17)23(28-13-5-6-14-28)16-26-24(30)20-15-27-29(18(20)2)22-8-4-3-7-21(22)25/h3-4,7-12,15,23H,5-6,13-14,16H2,1-2H3,(H,26,30). The third-order valence-electron chi connectivity index (χ3n) is 5.83. The van der Waals surface area contributed by atoms with Gasteiger partial charge >= 0.3 is 0 Å². The highest BCUT2D eigenvalue weighted by Gasteiger charge is 2.25. The zero-order chi connectivity index (χ0) is 21.1. The van der Waals surface area contributed by atoms with Crippen LogP contribution in [0.15, 0.2) is 54.7 Å². The Kier molecular flexibility index (Phi) is 5.95. The number of nitrogens with zero attached hydrogens (tertiary/aromatic N) is 3. The second-order valence-electron chi connectivity index (χ2n) is 7.89. The molecule has 6 heteroatoms. The van der Waals surface area contributed by atoms with Gasteiger partial charge in [-0.25, -0.2) is 9.07 Å². The van der Waals surface area contributed by atoms with Crippen LogP contribution in [0.25, 0.3) is 5.69 Å². The summed E-state index contributed by atoms with van der Waals surface area (Å²) in [4.78, 5) is 15.4. The third-order valence-corrected chi connectivity index (χ3v) is 5.83. The Morgan fingerprint density at radius 1 is 1.10 bits per heavy atom. The van der Waals surface area contributed by atoms with Crippen molar-refractivity contribution in [2.45, 2.75) is 32.7 Å². The molecule has 0 radical (unpaired) electrons. The predicted molar refractivity (Wildman–Crippen MR) is 115 cm³/mol. The van der Waals surface area contributed by atoms with Gasteiger partial charge in [-0.2, -0.15) is 5.10 Å². The fourth-order valence-electron chi connectivity index (χ4n) is 4.08. The lowest BCUT2D eigenvalue weighted by atomic mass is 10.0. The topological polar surface area (TPSA) is 50.2 Å².